The highest BCUT2D eigenvalue weighted by Gasteiger charge is 2.24. The maximum Gasteiger partial charge on any atom is 0.129 e. The van der Waals surface area contributed by atoms with Crippen LogP contribution >= 0.6 is 0 Å². The van der Waals surface area contributed by atoms with Crippen molar-refractivity contribution in [3.05, 3.63) is 30.0 Å². The third-order valence-electron chi connectivity index (χ3n) is 3.12. The largest absolute Gasteiger partial charge is 0.488 e. The van der Waals surface area contributed by atoms with Crippen LogP contribution in [0.5, 0.6) is 5.75 Å². The van der Waals surface area contributed by atoms with Gasteiger partial charge in [-0.05, 0) is 39.0 Å². The topological polar surface area (TPSA) is 53.1 Å². The minimum absolute atomic E-state index is 0.0299. The molecule has 0 saturated heterocycles. The Bertz CT molecular complexity index is 608. The van der Waals surface area contributed by atoms with Crippen LogP contribution in [-0.2, 0) is 12.1 Å². The van der Waals surface area contributed by atoms with E-state index in [1.807, 2.05) is 22.9 Å². The van der Waals surface area contributed by atoms with E-state index in [0.717, 1.165) is 28.3 Å². The van der Waals surface area contributed by atoms with Crippen molar-refractivity contribution in [2.24, 2.45) is 0 Å². The molecule has 4 heteroatoms. The lowest BCUT2D eigenvalue weighted by Gasteiger charge is -2.18. The fourth-order valence-electron chi connectivity index (χ4n) is 2.10. The maximum absolute atomic E-state index is 5.84. The number of hydrogen-bond acceptors (Lipinski definition) is 3. The average molecular weight is 243 g/mol. The van der Waals surface area contributed by atoms with Crippen LogP contribution in [0.4, 0.5) is 5.69 Å². The number of hydrogen-bond donors (Lipinski definition) is 1. The quantitative estimate of drug-likeness (QED) is 0.724. The number of nitrogens with zero attached hydrogens (tertiary/aromatic N) is 2. The van der Waals surface area contributed by atoms with E-state index in [1.165, 1.54) is 0 Å². The maximum atomic E-state index is 5.84. The normalized spacial score (nSPS) is 13.7. The molecule has 0 bridgehead atoms. The summed E-state index contributed by atoms with van der Waals surface area (Å²) in [7, 11) is 0. The molecule has 1 aromatic heterocycles. The SMILES string of the molecule is CC(C)(C)n1cc2c(n1)-c1cc(N)ccc1OC2. The zero-order valence-corrected chi connectivity index (χ0v) is 10.9. The summed E-state index contributed by atoms with van der Waals surface area (Å²) in [6, 6.07) is 5.68. The second-order valence-electron chi connectivity index (χ2n) is 5.66. The van der Waals surface area contributed by atoms with Gasteiger partial charge in [0, 0.05) is 23.0 Å². The van der Waals surface area contributed by atoms with Crippen LogP contribution in [0.25, 0.3) is 11.3 Å². The summed E-state index contributed by atoms with van der Waals surface area (Å²) < 4.78 is 7.71. The summed E-state index contributed by atoms with van der Waals surface area (Å²) >= 11 is 0. The van der Waals surface area contributed by atoms with Crippen LogP contribution in [0.3, 0.4) is 0 Å². The lowest BCUT2D eigenvalue weighted by Crippen LogP contribution is -2.22. The second-order valence-corrected chi connectivity index (χ2v) is 5.66. The molecule has 0 radical (unpaired) electrons. The average Bonchev–Trinajstić information content (AvgIpc) is 2.72. The van der Waals surface area contributed by atoms with Crippen molar-refractivity contribution in [3.63, 3.8) is 0 Å². The van der Waals surface area contributed by atoms with Crippen molar-refractivity contribution in [1.82, 2.24) is 9.78 Å². The zero-order chi connectivity index (χ0) is 12.9. The van der Waals surface area contributed by atoms with Crippen molar-refractivity contribution in [3.8, 4) is 17.0 Å². The summed E-state index contributed by atoms with van der Waals surface area (Å²) in [6.07, 6.45) is 2.06. The van der Waals surface area contributed by atoms with Crippen LogP contribution in [0.15, 0.2) is 24.4 Å². The first kappa shape index (κ1) is 11.1. The Morgan fingerprint density at radius 1 is 1.33 bits per heavy atom. The molecule has 2 N–H and O–H groups in total. The summed E-state index contributed by atoms with van der Waals surface area (Å²) in [5.74, 6) is 0.857. The van der Waals surface area contributed by atoms with Gasteiger partial charge in [-0.25, -0.2) is 0 Å². The summed E-state index contributed by atoms with van der Waals surface area (Å²) in [4.78, 5) is 0. The molecule has 1 aliphatic rings. The predicted octanol–water partition coefficient (Wildman–Crippen LogP) is 2.78. The van der Waals surface area contributed by atoms with E-state index in [1.54, 1.807) is 0 Å². The second kappa shape index (κ2) is 3.51. The van der Waals surface area contributed by atoms with Gasteiger partial charge in [0.05, 0.1) is 5.54 Å². The highest BCUT2D eigenvalue weighted by atomic mass is 16.5. The molecule has 18 heavy (non-hydrogen) atoms. The van der Waals surface area contributed by atoms with Gasteiger partial charge >= 0.3 is 0 Å². The van der Waals surface area contributed by atoms with Crippen LogP contribution < -0.4 is 10.5 Å². The highest BCUT2D eigenvalue weighted by Crippen LogP contribution is 2.38. The van der Waals surface area contributed by atoms with E-state index < -0.39 is 0 Å². The van der Waals surface area contributed by atoms with E-state index in [-0.39, 0.29) is 5.54 Å². The number of fused-ring (bicyclic) bond motifs is 3. The molecule has 0 amide bonds. The standard InChI is InChI=1S/C14H17N3O/c1-14(2,3)17-7-9-8-18-12-5-4-10(15)6-11(12)13(9)16-17/h4-7H,8,15H2,1-3H3. The Balaban J connectivity index is 2.18. The molecule has 2 aromatic rings. The van der Waals surface area contributed by atoms with Crippen LogP contribution in [0.1, 0.15) is 26.3 Å². The summed E-state index contributed by atoms with van der Waals surface area (Å²) in [5.41, 5.74) is 9.63. The number of nitrogen functional groups attached to an aromatic ring is 1. The molecule has 2 heterocycles. The minimum atomic E-state index is -0.0299. The molecule has 0 aliphatic carbocycles. The smallest absolute Gasteiger partial charge is 0.129 e. The molecule has 0 spiro atoms. The molecule has 1 aliphatic heterocycles. The monoisotopic (exact) mass is 243 g/mol. The Hall–Kier alpha value is -1.97. The van der Waals surface area contributed by atoms with Crippen molar-refractivity contribution in [2.75, 3.05) is 5.73 Å². The van der Waals surface area contributed by atoms with Crippen LogP contribution in [-0.4, -0.2) is 9.78 Å². The van der Waals surface area contributed by atoms with Gasteiger partial charge in [-0.1, -0.05) is 0 Å². The molecule has 0 atom stereocenters. The van der Waals surface area contributed by atoms with Crippen molar-refractivity contribution in [1.29, 1.82) is 0 Å². The first-order valence-electron chi connectivity index (χ1n) is 6.07. The first-order chi connectivity index (χ1) is 8.45. The molecule has 4 nitrogen and oxygen atoms in total. The number of aromatic nitrogens is 2. The van der Waals surface area contributed by atoms with Gasteiger partial charge in [-0.15, -0.1) is 0 Å². The van der Waals surface area contributed by atoms with E-state index in [0.29, 0.717) is 6.61 Å². The Kier molecular flexibility index (Phi) is 2.17. The van der Waals surface area contributed by atoms with E-state index >= 15 is 0 Å². The molecule has 94 valence electrons. The fourth-order valence-corrected chi connectivity index (χ4v) is 2.10. The van der Waals surface area contributed by atoms with Crippen LogP contribution in [0.2, 0.25) is 0 Å². The third kappa shape index (κ3) is 1.65. The fraction of sp³-hybridized carbons (Fsp3) is 0.357. The number of nitrogens with two attached hydrogens (primary N) is 1. The molecule has 0 fully saturated rings. The summed E-state index contributed by atoms with van der Waals surface area (Å²) in [5, 5.41) is 4.69. The first-order valence-corrected chi connectivity index (χ1v) is 6.07. The Labute approximate surface area is 106 Å². The van der Waals surface area contributed by atoms with Gasteiger partial charge in [0.1, 0.15) is 18.1 Å². The Morgan fingerprint density at radius 3 is 2.83 bits per heavy atom. The molecule has 0 saturated carbocycles. The number of benzene rings is 1. The molecular formula is C14H17N3O. The van der Waals surface area contributed by atoms with E-state index in [2.05, 4.69) is 32.1 Å². The van der Waals surface area contributed by atoms with E-state index in [9.17, 15) is 0 Å². The number of ether oxygens (including phenoxy) is 1. The highest BCUT2D eigenvalue weighted by molar-refractivity contribution is 5.74. The lowest BCUT2D eigenvalue weighted by molar-refractivity contribution is 0.301. The lowest BCUT2D eigenvalue weighted by atomic mass is 10.0. The number of anilines is 1. The van der Waals surface area contributed by atoms with Gasteiger partial charge in [0.2, 0.25) is 0 Å². The van der Waals surface area contributed by atoms with Crippen molar-refractivity contribution in [2.45, 2.75) is 32.9 Å². The van der Waals surface area contributed by atoms with Gasteiger partial charge < -0.3 is 10.5 Å². The van der Waals surface area contributed by atoms with Crippen molar-refractivity contribution >= 4 is 5.69 Å². The zero-order valence-electron chi connectivity index (χ0n) is 10.9. The molecule has 3 rings (SSSR count). The summed E-state index contributed by atoms with van der Waals surface area (Å²) in [6.45, 7) is 6.97. The number of rotatable bonds is 0. The van der Waals surface area contributed by atoms with Gasteiger partial charge in [-0.3, -0.25) is 4.68 Å². The van der Waals surface area contributed by atoms with Crippen molar-refractivity contribution < 1.29 is 4.74 Å². The predicted molar refractivity (Wildman–Crippen MR) is 71.4 cm³/mol. The third-order valence-corrected chi connectivity index (χ3v) is 3.12. The van der Waals surface area contributed by atoms with E-state index in [4.69, 9.17) is 10.5 Å². The Morgan fingerprint density at radius 2 is 2.11 bits per heavy atom. The minimum Gasteiger partial charge on any atom is -0.488 e. The molecule has 0 unspecified atom stereocenters. The van der Waals surface area contributed by atoms with Gasteiger partial charge in [-0.2, -0.15) is 5.10 Å². The van der Waals surface area contributed by atoms with Crippen LogP contribution in [0, 0.1) is 0 Å². The van der Waals surface area contributed by atoms with Gasteiger partial charge in [0.15, 0.2) is 0 Å². The van der Waals surface area contributed by atoms with Gasteiger partial charge in [0.25, 0.3) is 0 Å². The molecule has 1 aromatic carbocycles. The molecular weight excluding hydrogens is 226 g/mol.